The van der Waals surface area contributed by atoms with Crippen LogP contribution in [-0.4, -0.2) is 33.7 Å². The molecule has 0 fully saturated rings. The van der Waals surface area contributed by atoms with Gasteiger partial charge >= 0.3 is 0 Å². The van der Waals surface area contributed by atoms with E-state index in [2.05, 4.69) is 79.7 Å². The van der Waals surface area contributed by atoms with Crippen LogP contribution in [0, 0.1) is 6.92 Å². The smallest absolute Gasteiger partial charge is 0.160 e. The molecule has 1 aliphatic heterocycles. The Labute approximate surface area is 225 Å². The molecule has 37 heavy (non-hydrogen) atoms. The first kappa shape index (κ1) is 32.2. The van der Waals surface area contributed by atoms with Crippen molar-refractivity contribution >= 4 is 0 Å². The van der Waals surface area contributed by atoms with Gasteiger partial charge in [-0.05, 0) is 41.8 Å². The summed E-state index contributed by atoms with van der Waals surface area (Å²) in [6, 6.07) is 25.6. The lowest BCUT2D eigenvalue weighted by Gasteiger charge is -2.34. The van der Waals surface area contributed by atoms with Gasteiger partial charge in [0.15, 0.2) is 6.29 Å². The van der Waals surface area contributed by atoms with Crippen LogP contribution in [0.2, 0.25) is 0 Å². The van der Waals surface area contributed by atoms with Crippen LogP contribution in [0.4, 0.5) is 0 Å². The third kappa shape index (κ3) is 9.21. The Bertz CT molecular complexity index is 965. The second-order valence-electron chi connectivity index (χ2n) is 7.95. The maximum Gasteiger partial charge on any atom is 0.160 e. The number of fused-ring (bicyclic) bond motifs is 1. The van der Waals surface area contributed by atoms with E-state index in [1.54, 1.807) is 14.2 Å². The molecule has 0 spiro atoms. The van der Waals surface area contributed by atoms with E-state index in [9.17, 15) is 0 Å². The van der Waals surface area contributed by atoms with Gasteiger partial charge in [-0.15, -0.1) is 0 Å². The largest absolute Gasteiger partial charge is 0.493 e. The Morgan fingerprint density at radius 1 is 0.784 bits per heavy atom. The fourth-order valence-electron chi connectivity index (χ4n) is 4.29. The van der Waals surface area contributed by atoms with Crippen LogP contribution >= 0.6 is 0 Å². The maximum atomic E-state index is 6.20. The molecule has 0 saturated heterocycles. The highest BCUT2D eigenvalue weighted by molar-refractivity contribution is 5.49. The highest BCUT2D eigenvalue weighted by Crippen LogP contribution is 2.46. The quantitative estimate of drug-likeness (QED) is 0.285. The van der Waals surface area contributed by atoms with E-state index in [-0.39, 0.29) is 18.1 Å². The van der Waals surface area contributed by atoms with Crippen LogP contribution in [0.15, 0.2) is 72.8 Å². The highest BCUT2D eigenvalue weighted by atomic mass is 16.7. The van der Waals surface area contributed by atoms with Crippen LogP contribution in [0.5, 0.6) is 11.5 Å². The fraction of sp³-hybridized carbons (Fsp3) is 0.455. The van der Waals surface area contributed by atoms with Gasteiger partial charge in [-0.25, -0.2) is 0 Å². The molecule has 2 atom stereocenters. The van der Waals surface area contributed by atoms with E-state index in [1.807, 2.05) is 41.5 Å². The van der Waals surface area contributed by atoms with Crippen LogP contribution in [0.1, 0.15) is 82.1 Å². The molecule has 4 heteroatoms. The summed E-state index contributed by atoms with van der Waals surface area (Å²) in [6.45, 7) is 15.3. The lowest BCUT2D eigenvalue weighted by Crippen LogP contribution is -2.25. The van der Waals surface area contributed by atoms with E-state index in [0.29, 0.717) is 19.6 Å². The van der Waals surface area contributed by atoms with Crippen molar-refractivity contribution in [2.24, 2.45) is 0 Å². The van der Waals surface area contributed by atoms with Crippen LogP contribution in [-0.2, 0) is 9.47 Å². The molecule has 204 valence electrons. The maximum absolute atomic E-state index is 6.20. The normalized spacial score (nSPS) is 15.4. The van der Waals surface area contributed by atoms with Crippen LogP contribution in [0.3, 0.4) is 0 Å². The summed E-state index contributed by atoms with van der Waals surface area (Å²) in [7, 11) is 3.28. The minimum atomic E-state index is -0.242. The van der Waals surface area contributed by atoms with Crippen molar-refractivity contribution in [3.63, 3.8) is 0 Å². The lowest BCUT2D eigenvalue weighted by molar-refractivity contribution is -0.110. The van der Waals surface area contributed by atoms with Crippen molar-refractivity contribution in [2.75, 3.05) is 27.4 Å². The molecule has 3 aromatic rings. The van der Waals surface area contributed by atoms with Gasteiger partial charge in [-0.1, -0.05) is 96.1 Å². The zero-order chi connectivity index (χ0) is 27.6. The van der Waals surface area contributed by atoms with Crippen molar-refractivity contribution in [3.8, 4) is 11.5 Å². The summed E-state index contributed by atoms with van der Waals surface area (Å²) in [5, 5.41) is 0. The van der Waals surface area contributed by atoms with Gasteiger partial charge in [0, 0.05) is 38.0 Å². The van der Waals surface area contributed by atoms with Crippen LogP contribution < -0.4 is 9.47 Å². The molecule has 0 saturated carbocycles. The van der Waals surface area contributed by atoms with Gasteiger partial charge in [-0.3, -0.25) is 0 Å². The first-order valence-electron chi connectivity index (χ1n) is 13.8. The van der Waals surface area contributed by atoms with Gasteiger partial charge in [0.2, 0.25) is 0 Å². The Hall–Kier alpha value is -2.82. The third-order valence-corrected chi connectivity index (χ3v) is 5.94. The number of ether oxygens (including phenoxy) is 4. The van der Waals surface area contributed by atoms with Crippen molar-refractivity contribution in [2.45, 2.75) is 73.0 Å². The second-order valence-corrected chi connectivity index (χ2v) is 7.95. The summed E-state index contributed by atoms with van der Waals surface area (Å²) in [4.78, 5) is 0. The molecule has 0 radical (unpaired) electrons. The van der Waals surface area contributed by atoms with Gasteiger partial charge < -0.3 is 18.9 Å². The topological polar surface area (TPSA) is 36.9 Å². The SMILES string of the molecule is CC.CC.CC.COC(CCOc1ccc([C@@H]2c3ccc(C)cc3OC[C@@H]2c2ccccc2)cc1)OC. The summed E-state index contributed by atoms with van der Waals surface area (Å²) in [5.74, 6) is 2.32. The average molecular weight is 509 g/mol. The number of methoxy groups -OCH3 is 2. The molecular formula is C33H48O4. The monoisotopic (exact) mass is 508 g/mol. The molecule has 4 nitrogen and oxygen atoms in total. The minimum Gasteiger partial charge on any atom is -0.493 e. The summed E-state index contributed by atoms with van der Waals surface area (Å²) in [5.41, 5.74) is 5.01. The standard InChI is InChI=1S/C27H30O4.3C2H6/c1-19-9-14-23-25(17-19)31-18-24(20-7-5-4-6-8-20)27(23)21-10-12-22(13-11-21)30-16-15-26(28-2)29-3;3*1-2/h4-14,17,24,26-27H,15-16,18H2,1-3H3;3*1-2H3/t24-,27-;;;/m1.../s1. The predicted molar refractivity (Wildman–Crippen MR) is 156 cm³/mol. The predicted octanol–water partition coefficient (Wildman–Crippen LogP) is 8.77. The molecule has 0 aliphatic carbocycles. The Balaban J connectivity index is 0.00000106. The van der Waals surface area contributed by atoms with Gasteiger partial charge in [-0.2, -0.15) is 0 Å². The Morgan fingerprint density at radius 2 is 1.41 bits per heavy atom. The van der Waals surface area contributed by atoms with Gasteiger partial charge in [0.05, 0.1) is 13.2 Å². The molecular weight excluding hydrogens is 460 g/mol. The van der Waals surface area contributed by atoms with Gasteiger partial charge in [0.1, 0.15) is 11.5 Å². The van der Waals surface area contributed by atoms with E-state index < -0.39 is 0 Å². The number of hydrogen-bond acceptors (Lipinski definition) is 4. The fourth-order valence-corrected chi connectivity index (χ4v) is 4.29. The molecule has 3 aromatic carbocycles. The zero-order valence-electron chi connectivity index (χ0n) is 24.4. The van der Waals surface area contributed by atoms with Crippen molar-refractivity contribution < 1.29 is 18.9 Å². The Kier molecular flexibility index (Phi) is 16.0. The Morgan fingerprint density at radius 3 is 2.00 bits per heavy atom. The van der Waals surface area contributed by atoms with Crippen molar-refractivity contribution in [1.82, 2.24) is 0 Å². The highest BCUT2D eigenvalue weighted by Gasteiger charge is 2.33. The molecule has 0 amide bonds. The first-order valence-corrected chi connectivity index (χ1v) is 13.8. The molecule has 0 bridgehead atoms. The lowest BCUT2D eigenvalue weighted by atomic mass is 9.76. The average Bonchev–Trinajstić information content (AvgIpc) is 2.98. The van der Waals surface area contributed by atoms with Gasteiger partial charge in [0.25, 0.3) is 0 Å². The molecule has 0 N–H and O–H groups in total. The summed E-state index contributed by atoms with van der Waals surface area (Å²) >= 11 is 0. The second kappa shape index (κ2) is 18.4. The van der Waals surface area contributed by atoms with E-state index in [1.165, 1.54) is 22.3 Å². The van der Waals surface area contributed by atoms with Crippen molar-refractivity contribution in [1.29, 1.82) is 0 Å². The molecule has 4 rings (SSSR count). The third-order valence-electron chi connectivity index (χ3n) is 5.94. The molecule has 1 aliphatic rings. The molecule has 0 aromatic heterocycles. The van der Waals surface area contributed by atoms with E-state index >= 15 is 0 Å². The van der Waals surface area contributed by atoms with E-state index in [0.717, 1.165) is 11.5 Å². The number of aryl methyl sites for hydroxylation is 1. The number of benzene rings is 3. The first-order chi connectivity index (χ1) is 18.2. The molecule has 1 heterocycles. The van der Waals surface area contributed by atoms with Crippen molar-refractivity contribution in [3.05, 3.63) is 95.1 Å². The summed E-state index contributed by atoms with van der Waals surface area (Å²) in [6.07, 6.45) is 0.436. The number of rotatable bonds is 8. The van der Waals surface area contributed by atoms with Crippen LogP contribution in [0.25, 0.3) is 0 Å². The number of hydrogen-bond donors (Lipinski definition) is 0. The minimum absolute atomic E-state index is 0.229. The van der Waals surface area contributed by atoms with E-state index in [4.69, 9.17) is 18.9 Å². The molecule has 0 unspecified atom stereocenters. The summed E-state index contributed by atoms with van der Waals surface area (Å²) < 4.78 is 22.5. The zero-order valence-corrected chi connectivity index (χ0v) is 24.4.